The number of carbonyl (C=O) groups excluding carboxylic acids is 4. The molecule has 48 heavy (non-hydrogen) atoms. The summed E-state index contributed by atoms with van der Waals surface area (Å²) in [6, 6.07) is 13.0. The number of benzene rings is 2. The van der Waals surface area contributed by atoms with Crippen LogP contribution in [0.25, 0.3) is 0 Å². The molecule has 1 aliphatic heterocycles. The quantitative estimate of drug-likeness (QED) is 0.248. The number of aliphatic hydroxyl groups excluding tert-OH is 1. The number of aliphatic hydroxyl groups is 1. The van der Waals surface area contributed by atoms with Crippen molar-refractivity contribution in [1.29, 1.82) is 0 Å². The molecule has 1 heterocycles. The fourth-order valence-corrected chi connectivity index (χ4v) is 5.83. The lowest BCUT2D eigenvalue weighted by Gasteiger charge is -2.32. The Labute approximate surface area is 292 Å². The number of halogens is 2. The first-order valence-corrected chi connectivity index (χ1v) is 16.8. The molecule has 2 aromatic rings. The van der Waals surface area contributed by atoms with Crippen LogP contribution in [0.1, 0.15) is 64.0 Å². The molecule has 0 bridgehead atoms. The van der Waals surface area contributed by atoms with E-state index in [0.29, 0.717) is 21.9 Å². The highest BCUT2D eigenvalue weighted by molar-refractivity contribution is 6.32. The topological polar surface area (TPSA) is 140 Å². The molecule has 2 amide bonds. The zero-order valence-corrected chi connectivity index (χ0v) is 29.7. The predicted molar refractivity (Wildman–Crippen MR) is 184 cm³/mol. The Morgan fingerprint density at radius 1 is 1.04 bits per heavy atom. The first-order valence-electron chi connectivity index (χ1n) is 15.9. The molecule has 3 N–H and O–H groups in total. The summed E-state index contributed by atoms with van der Waals surface area (Å²) in [5.74, 6) is -3.65. The molecule has 3 rings (SSSR count). The molecule has 0 saturated heterocycles. The predicted octanol–water partition coefficient (Wildman–Crippen LogP) is 5.33. The lowest BCUT2D eigenvalue weighted by Crippen LogP contribution is -2.49. The summed E-state index contributed by atoms with van der Waals surface area (Å²) >= 11 is 13.0. The fourth-order valence-electron chi connectivity index (χ4n) is 5.17. The zero-order chi connectivity index (χ0) is 35.6. The van der Waals surface area contributed by atoms with Gasteiger partial charge in [-0.15, -0.1) is 11.6 Å². The monoisotopic (exact) mass is 704 g/mol. The van der Waals surface area contributed by atoms with Crippen molar-refractivity contribution in [2.75, 3.05) is 13.7 Å². The summed E-state index contributed by atoms with van der Waals surface area (Å²) in [7, 11) is 1.49. The molecule has 0 spiro atoms. The van der Waals surface area contributed by atoms with E-state index >= 15 is 0 Å². The Morgan fingerprint density at radius 3 is 2.35 bits per heavy atom. The van der Waals surface area contributed by atoms with E-state index in [0.717, 1.165) is 0 Å². The molecule has 262 valence electrons. The number of alkyl halides is 1. The number of carbonyl (C=O) groups is 4. The van der Waals surface area contributed by atoms with Gasteiger partial charge >= 0.3 is 11.9 Å². The third kappa shape index (κ3) is 11.5. The highest BCUT2D eigenvalue weighted by atomic mass is 35.5. The van der Waals surface area contributed by atoms with E-state index in [1.807, 2.05) is 26.8 Å². The second-order valence-electron chi connectivity index (χ2n) is 13.3. The molecular formula is C36H46Cl2N2O8. The van der Waals surface area contributed by atoms with Crippen molar-refractivity contribution < 1.29 is 38.5 Å². The Balaban J connectivity index is 1.94. The molecule has 2 aromatic carbocycles. The largest absolute Gasteiger partial charge is 0.495 e. The van der Waals surface area contributed by atoms with Crippen molar-refractivity contribution in [3.05, 3.63) is 76.8 Å². The Hall–Kier alpha value is -3.60. The lowest BCUT2D eigenvalue weighted by atomic mass is 9.88. The van der Waals surface area contributed by atoms with Crippen LogP contribution in [-0.2, 0) is 35.1 Å². The van der Waals surface area contributed by atoms with Crippen LogP contribution < -0.4 is 15.4 Å². The van der Waals surface area contributed by atoms with Crippen LogP contribution in [-0.4, -0.2) is 66.9 Å². The molecule has 12 heteroatoms. The van der Waals surface area contributed by atoms with Crippen LogP contribution >= 0.6 is 23.2 Å². The standard InChI is InChI=1S/C36H46Cl2N2O8/c1-21-20-39-33(43)26(18-23-15-16-28(46-6)25(37)17-23)40-30(41)14-10-13-27(22(2)32(42)31(38)24-11-8-7-9-12-24)47-35(45)29(48-34(21)44)19-36(3,4)5/h7-12,14-17,21-22,26-27,29,31-32,42H,13,18-20H2,1-6H3,(H,39,43)(H,40,41)/b14-10+. The van der Waals surface area contributed by atoms with Crippen LogP contribution in [0.5, 0.6) is 5.75 Å². The van der Waals surface area contributed by atoms with Crippen LogP contribution in [0.4, 0.5) is 0 Å². The molecule has 0 fully saturated rings. The van der Waals surface area contributed by atoms with Crippen LogP contribution in [0.3, 0.4) is 0 Å². The summed E-state index contributed by atoms with van der Waals surface area (Å²) in [6.07, 6.45) is -0.322. The van der Waals surface area contributed by atoms with E-state index in [2.05, 4.69) is 10.6 Å². The van der Waals surface area contributed by atoms with Gasteiger partial charge < -0.3 is 30.0 Å². The number of hydrogen-bond donors (Lipinski definition) is 3. The molecule has 0 aliphatic carbocycles. The zero-order valence-electron chi connectivity index (χ0n) is 28.2. The van der Waals surface area contributed by atoms with E-state index in [1.165, 1.54) is 19.3 Å². The van der Waals surface area contributed by atoms with Gasteiger partial charge in [0.2, 0.25) is 11.8 Å². The van der Waals surface area contributed by atoms with Crippen molar-refractivity contribution in [3.63, 3.8) is 0 Å². The molecule has 0 radical (unpaired) electrons. The summed E-state index contributed by atoms with van der Waals surface area (Å²) in [5, 5.41) is 16.2. The van der Waals surface area contributed by atoms with Crippen molar-refractivity contribution in [2.45, 2.75) is 83.6 Å². The second-order valence-corrected chi connectivity index (χ2v) is 14.2. The highest BCUT2D eigenvalue weighted by Crippen LogP contribution is 2.32. The third-order valence-corrected chi connectivity index (χ3v) is 8.85. The maximum atomic E-state index is 13.6. The number of nitrogens with one attached hydrogen (secondary N) is 2. The van der Waals surface area contributed by atoms with Gasteiger partial charge in [0.25, 0.3) is 0 Å². The van der Waals surface area contributed by atoms with Crippen LogP contribution in [0.15, 0.2) is 60.7 Å². The lowest BCUT2D eigenvalue weighted by molar-refractivity contribution is -0.178. The highest BCUT2D eigenvalue weighted by Gasteiger charge is 2.37. The number of hydrogen-bond acceptors (Lipinski definition) is 8. The average Bonchev–Trinajstić information content (AvgIpc) is 3.04. The van der Waals surface area contributed by atoms with E-state index < -0.39 is 70.7 Å². The number of cyclic esters (lactones) is 2. The van der Waals surface area contributed by atoms with Gasteiger partial charge in [-0.3, -0.25) is 14.4 Å². The summed E-state index contributed by atoms with van der Waals surface area (Å²) in [4.78, 5) is 53.3. The average molecular weight is 706 g/mol. The van der Waals surface area contributed by atoms with Crippen molar-refractivity contribution in [3.8, 4) is 5.75 Å². The molecule has 0 aromatic heterocycles. The minimum atomic E-state index is -1.25. The number of esters is 2. The Morgan fingerprint density at radius 2 is 1.73 bits per heavy atom. The van der Waals surface area contributed by atoms with Crippen molar-refractivity contribution in [2.24, 2.45) is 17.3 Å². The van der Waals surface area contributed by atoms with Gasteiger partial charge in [-0.1, -0.05) is 88.7 Å². The molecule has 10 nitrogen and oxygen atoms in total. The Kier molecular flexibility index (Phi) is 14.3. The maximum Gasteiger partial charge on any atom is 0.347 e. The van der Waals surface area contributed by atoms with Gasteiger partial charge in [-0.2, -0.15) is 0 Å². The number of rotatable bonds is 8. The van der Waals surface area contributed by atoms with Gasteiger partial charge in [-0.05, 0) is 34.8 Å². The van der Waals surface area contributed by atoms with E-state index in [4.69, 9.17) is 37.4 Å². The minimum Gasteiger partial charge on any atom is -0.495 e. The number of ether oxygens (including phenoxy) is 3. The molecule has 1 aliphatic rings. The maximum absolute atomic E-state index is 13.6. The van der Waals surface area contributed by atoms with E-state index in [-0.39, 0.29) is 25.8 Å². The minimum absolute atomic E-state index is 0.0212. The van der Waals surface area contributed by atoms with Gasteiger partial charge in [0.15, 0.2) is 6.10 Å². The van der Waals surface area contributed by atoms with Gasteiger partial charge in [0, 0.05) is 31.7 Å². The molecule has 7 atom stereocenters. The molecular weight excluding hydrogens is 659 g/mol. The molecule has 0 saturated carbocycles. The van der Waals surface area contributed by atoms with Gasteiger partial charge in [0.1, 0.15) is 17.9 Å². The second kappa shape index (κ2) is 17.7. The van der Waals surface area contributed by atoms with Crippen molar-refractivity contribution in [1.82, 2.24) is 10.6 Å². The van der Waals surface area contributed by atoms with Crippen molar-refractivity contribution >= 4 is 47.0 Å². The van der Waals surface area contributed by atoms with E-state index in [9.17, 15) is 24.3 Å². The Bertz CT molecular complexity index is 1450. The fraction of sp³-hybridized carbons (Fsp3) is 0.500. The first-order chi connectivity index (χ1) is 22.6. The smallest absolute Gasteiger partial charge is 0.347 e. The number of methoxy groups -OCH3 is 1. The number of amides is 2. The molecule has 7 unspecified atom stereocenters. The van der Waals surface area contributed by atoms with Crippen LogP contribution in [0, 0.1) is 17.3 Å². The first kappa shape index (κ1) is 38.8. The third-order valence-electron chi connectivity index (χ3n) is 8.04. The normalized spacial score (nSPS) is 24.3. The van der Waals surface area contributed by atoms with Gasteiger partial charge in [-0.25, -0.2) is 4.79 Å². The summed E-state index contributed by atoms with van der Waals surface area (Å²) in [5.41, 5.74) is 0.928. The SMILES string of the molecule is COc1ccc(CC2NC(=O)/C=C/CC(C(C)C(O)C(Cl)c3ccccc3)OC(=O)C(CC(C)(C)C)OC(=O)C(C)CNC2=O)cc1Cl. The van der Waals surface area contributed by atoms with Crippen LogP contribution in [0.2, 0.25) is 5.02 Å². The summed E-state index contributed by atoms with van der Waals surface area (Å²) < 4.78 is 16.8. The van der Waals surface area contributed by atoms with Gasteiger partial charge in [0.05, 0.1) is 29.5 Å². The summed E-state index contributed by atoms with van der Waals surface area (Å²) in [6.45, 7) is 8.85. The van der Waals surface area contributed by atoms with E-state index in [1.54, 1.807) is 56.3 Å².